The fraction of sp³-hybridized carbons (Fsp3) is 0.125. The normalized spacial score (nSPS) is 9.50. The van der Waals surface area contributed by atoms with Crippen LogP contribution in [0.4, 0.5) is 0 Å². The van der Waals surface area contributed by atoms with E-state index in [2.05, 4.69) is 5.32 Å². The molecule has 0 atom stereocenters. The fourth-order valence-corrected chi connectivity index (χ4v) is 1.03. The Morgan fingerprint density at radius 1 is 1.50 bits per heavy atom. The van der Waals surface area contributed by atoms with Crippen LogP contribution in [0.1, 0.15) is 10.4 Å². The van der Waals surface area contributed by atoms with Gasteiger partial charge in [-0.05, 0) is 12.1 Å². The summed E-state index contributed by atoms with van der Waals surface area (Å²) in [6, 6.07) is 6.65. The van der Waals surface area contributed by atoms with Crippen LogP contribution in [-0.2, 0) is 0 Å². The molecule has 1 rings (SSSR count). The van der Waals surface area contributed by atoms with Crippen LogP contribution in [0.5, 0.6) is 0 Å². The van der Waals surface area contributed by atoms with Gasteiger partial charge in [0.25, 0.3) is 5.91 Å². The highest BCUT2D eigenvalue weighted by Gasteiger charge is 2.06. The Labute approximate surface area is 75.0 Å². The Morgan fingerprint density at radius 3 is 2.75 bits per heavy atom. The Bertz CT molecular complexity index is 288. The molecule has 0 saturated carbocycles. The lowest BCUT2D eigenvalue weighted by Crippen LogP contribution is -2.24. The highest BCUT2D eigenvalue weighted by molar-refractivity contribution is 6.33. The minimum Gasteiger partial charge on any atom is -0.376 e. The molecule has 0 aliphatic rings. The second-order valence-electron chi connectivity index (χ2n) is 2.14. The van der Waals surface area contributed by atoms with Gasteiger partial charge in [0.1, 0.15) is 6.73 Å². The van der Waals surface area contributed by atoms with E-state index in [0.717, 1.165) is 0 Å². The van der Waals surface area contributed by atoms with E-state index in [1.165, 1.54) is 0 Å². The van der Waals surface area contributed by atoms with Gasteiger partial charge in [-0.2, -0.15) is 0 Å². The fourth-order valence-electron chi connectivity index (χ4n) is 0.812. The number of halogens is 1. The number of nitrogens with one attached hydrogen (secondary N) is 1. The van der Waals surface area contributed by atoms with E-state index in [1.807, 2.05) is 0 Å². The van der Waals surface area contributed by atoms with Crippen molar-refractivity contribution in [1.82, 2.24) is 5.32 Å². The zero-order valence-corrected chi connectivity index (χ0v) is 7.01. The molecule has 0 fully saturated rings. The Kier molecular flexibility index (Phi) is 3.08. The molecule has 0 aromatic heterocycles. The average molecular weight is 186 g/mol. The van der Waals surface area contributed by atoms with Gasteiger partial charge in [-0.25, -0.2) is 0 Å². The lowest BCUT2D eigenvalue weighted by Gasteiger charge is -2.02. The molecule has 0 spiro atoms. The van der Waals surface area contributed by atoms with E-state index < -0.39 is 0 Å². The molecule has 1 aromatic carbocycles. The van der Waals surface area contributed by atoms with Crippen molar-refractivity contribution in [2.45, 2.75) is 0 Å². The summed E-state index contributed by atoms with van der Waals surface area (Å²) in [5.74, 6) is -0.372. The third-order valence-corrected chi connectivity index (χ3v) is 1.69. The van der Waals surface area contributed by atoms with Crippen molar-refractivity contribution < 1.29 is 9.90 Å². The number of benzene rings is 1. The maximum atomic E-state index is 11.1. The van der Waals surface area contributed by atoms with E-state index in [4.69, 9.17) is 16.7 Å². The van der Waals surface area contributed by atoms with Gasteiger partial charge in [0.15, 0.2) is 0 Å². The van der Waals surface area contributed by atoms with Crippen LogP contribution >= 0.6 is 11.6 Å². The monoisotopic (exact) mass is 185 g/mol. The first kappa shape index (κ1) is 9.03. The van der Waals surface area contributed by atoms with Crippen molar-refractivity contribution in [2.24, 2.45) is 0 Å². The van der Waals surface area contributed by atoms with Gasteiger partial charge >= 0.3 is 0 Å². The molecule has 4 heteroatoms. The zero-order chi connectivity index (χ0) is 8.97. The number of aliphatic hydroxyl groups excluding tert-OH is 1. The van der Waals surface area contributed by atoms with E-state index in [-0.39, 0.29) is 12.6 Å². The van der Waals surface area contributed by atoms with Crippen LogP contribution in [0, 0.1) is 0 Å². The average Bonchev–Trinajstić information content (AvgIpc) is 2.05. The maximum Gasteiger partial charge on any atom is 0.254 e. The molecule has 1 amide bonds. The first-order chi connectivity index (χ1) is 5.75. The van der Waals surface area contributed by atoms with Crippen molar-refractivity contribution in [1.29, 1.82) is 0 Å². The molecule has 1 aromatic rings. The van der Waals surface area contributed by atoms with Gasteiger partial charge in [-0.3, -0.25) is 4.79 Å². The zero-order valence-electron chi connectivity index (χ0n) is 6.25. The number of amides is 1. The smallest absolute Gasteiger partial charge is 0.254 e. The Balaban J connectivity index is 2.87. The summed E-state index contributed by atoms with van der Waals surface area (Å²) in [4.78, 5) is 11.1. The molecular formula is C8H8ClNO2. The highest BCUT2D eigenvalue weighted by Crippen LogP contribution is 2.13. The Hall–Kier alpha value is -1.06. The number of rotatable bonds is 2. The number of aliphatic hydroxyl groups is 1. The first-order valence-electron chi connectivity index (χ1n) is 3.39. The summed E-state index contributed by atoms with van der Waals surface area (Å²) in [5.41, 5.74) is 0.369. The van der Waals surface area contributed by atoms with Crippen LogP contribution < -0.4 is 5.32 Å². The van der Waals surface area contributed by atoms with Crippen molar-refractivity contribution in [3.63, 3.8) is 0 Å². The molecule has 0 saturated heterocycles. The predicted molar refractivity (Wildman–Crippen MR) is 46.0 cm³/mol. The number of carbonyl (C=O) groups is 1. The predicted octanol–water partition coefficient (Wildman–Crippen LogP) is 1.02. The molecule has 0 heterocycles. The molecule has 64 valence electrons. The van der Waals surface area contributed by atoms with Gasteiger partial charge in [-0.1, -0.05) is 23.7 Å². The van der Waals surface area contributed by atoms with Crippen LogP contribution in [0.25, 0.3) is 0 Å². The van der Waals surface area contributed by atoms with Gasteiger partial charge in [0, 0.05) is 0 Å². The van der Waals surface area contributed by atoms with E-state index >= 15 is 0 Å². The number of hydrogen-bond donors (Lipinski definition) is 2. The SMILES string of the molecule is O=C(NCO)c1ccccc1Cl. The molecule has 0 aliphatic carbocycles. The summed E-state index contributed by atoms with van der Waals surface area (Å²) in [6.45, 7) is -0.385. The third kappa shape index (κ3) is 1.96. The molecule has 3 nitrogen and oxygen atoms in total. The summed E-state index contributed by atoms with van der Waals surface area (Å²) in [7, 11) is 0. The van der Waals surface area contributed by atoms with Crippen LogP contribution in [0.3, 0.4) is 0 Å². The van der Waals surface area contributed by atoms with Gasteiger partial charge in [-0.15, -0.1) is 0 Å². The highest BCUT2D eigenvalue weighted by atomic mass is 35.5. The molecule has 12 heavy (non-hydrogen) atoms. The van der Waals surface area contributed by atoms with Gasteiger partial charge in [0.05, 0.1) is 10.6 Å². The quantitative estimate of drug-likeness (QED) is 0.676. The maximum absolute atomic E-state index is 11.1. The van der Waals surface area contributed by atoms with E-state index in [1.54, 1.807) is 24.3 Å². The minimum atomic E-state index is -0.385. The summed E-state index contributed by atoms with van der Waals surface area (Å²) >= 11 is 5.71. The summed E-state index contributed by atoms with van der Waals surface area (Å²) in [6.07, 6.45) is 0. The molecule has 0 radical (unpaired) electrons. The number of hydrogen-bond acceptors (Lipinski definition) is 2. The topological polar surface area (TPSA) is 49.3 Å². The molecule has 0 unspecified atom stereocenters. The number of carbonyl (C=O) groups excluding carboxylic acids is 1. The first-order valence-corrected chi connectivity index (χ1v) is 3.77. The van der Waals surface area contributed by atoms with Crippen molar-refractivity contribution in [2.75, 3.05) is 6.73 Å². The van der Waals surface area contributed by atoms with Crippen molar-refractivity contribution >= 4 is 17.5 Å². The van der Waals surface area contributed by atoms with Gasteiger partial charge in [0.2, 0.25) is 0 Å². The second-order valence-corrected chi connectivity index (χ2v) is 2.55. The van der Waals surface area contributed by atoms with Crippen LogP contribution in [-0.4, -0.2) is 17.7 Å². The molecule has 0 aliphatic heterocycles. The summed E-state index contributed by atoms with van der Waals surface area (Å²) in [5, 5.41) is 11.0. The van der Waals surface area contributed by atoms with Gasteiger partial charge < -0.3 is 10.4 Å². The van der Waals surface area contributed by atoms with Crippen molar-refractivity contribution in [3.8, 4) is 0 Å². The van der Waals surface area contributed by atoms with Crippen LogP contribution in [0.2, 0.25) is 5.02 Å². The lowest BCUT2D eigenvalue weighted by molar-refractivity contribution is 0.0910. The Morgan fingerprint density at radius 2 is 2.17 bits per heavy atom. The second kappa shape index (κ2) is 4.09. The third-order valence-electron chi connectivity index (χ3n) is 1.36. The van der Waals surface area contributed by atoms with E-state index in [9.17, 15) is 4.79 Å². The lowest BCUT2D eigenvalue weighted by atomic mass is 10.2. The standard InChI is InChI=1S/C8H8ClNO2/c9-7-4-2-1-3-6(7)8(12)10-5-11/h1-4,11H,5H2,(H,10,12). The van der Waals surface area contributed by atoms with E-state index in [0.29, 0.717) is 10.6 Å². The summed E-state index contributed by atoms with van der Waals surface area (Å²) < 4.78 is 0. The minimum absolute atomic E-state index is 0.369. The van der Waals surface area contributed by atoms with Crippen molar-refractivity contribution in [3.05, 3.63) is 34.9 Å². The largest absolute Gasteiger partial charge is 0.376 e. The molecule has 0 bridgehead atoms. The molecule has 2 N–H and O–H groups in total. The van der Waals surface area contributed by atoms with Crippen LogP contribution in [0.15, 0.2) is 24.3 Å². The molecular weight excluding hydrogens is 178 g/mol.